The van der Waals surface area contributed by atoms with Crippen molar-refractivity contribution in [3.63, 3.8) is 0 Å². The molecule has 1 aliphatic heterocycles. The third-order valence-corrected chi connectivity index (χ3v) is 6.20. The maximum atomic E-state index is 6.10. The zero-order valence-corrected chi connectivity index (χ0v) is 12.6. The quantitative estimate of drug-likeness (QED) is 0.855. The average molecular weight is 276 g/mol. The molecule has 2 nitrogen and oxygen atoms in total. The first-order valence-electron chi connectivity index (χ1n) is 7.36. The van der Waals surface area contributed by atoms with Crippen molar-refractivity contribution in [3.05, 3.63) is 29.3 Å². The van der Waals surface area contributed by atoms with E-state index < -0.39 is 0 Å². The van der Waals surface area contributed by atoms with Crippen LogP contribution >= 0.6 is 11.8 Å². The number of hydrogen-bond donors (Lipinski definition) is 1. The van der Waals surface area contributed by atoms with Gasteiger partial charge >= 0.3 is 0 Å². The molecular formula is C16H24N2S. The van der Waals surface area contributed by atoms with Crippen molar-refractivity contribution in [2.24, 2.45) is 0 Å². The molecule has 0 radical (unpaired) electrons. The van der Waals surface area contributed by atoms with Crippen LogP contribution < -0.4 is 5.73 Å². The van der Waals surface area contributed by atoms with Gasteiger partial charge in [-0.2, -0.15) is 11.8 Å². The van der Waals surface area contributed by atoms with E-state index in [9.17, 15) is 0 Å². The molecule has 1 saturated carbocycles. The largest absolute Gasteiger partial charge is 0.398 e. The minimum Gasteiger partial charge on any atom is -0.398 e. The second-order valence-electron chi connectivity index (χ2n) is 6.08. The molecule has 0 spiro atoms. The average Bonchev–Trinajstić information content (AvgIpc) is 2.83. The number of nitrogen functional groups attached to an aromatic ring is 1. The molecule has 1 aliphatic carbocycles. The van der Waals surface area contributed by atoms with Crippen LogP contribution in [0.15, 0.2) is 18.2 Å². The fourth-order valence-electron chi connectivity index (χ4n) is 3.66. The minimum absolute atomic E-state index is 0.495. The Kier molecular flexibility index (Phi) is 3.77. The highest BCUT2D eigenvalue weighted by Gasteiger charge is 2.34. The Hall–Kier alpha value is -0.670. The lowest BCUT2D eigenvalue weighted by atomic mass is 9.88. The molecule has 3 heteroatoms. The summed E-state index contributed by atoms with van der Waals surface area (Å²) in [5.41, 5.74) is 9.88. The zero-order valence-electron chi connectivity index (χ0n) is 11.8. The monoisotopic (exact) mass is 276 g/mol. The molecule has 104 valence electrons. The van der Waals surface area contributed by atoms with Crippen molar-refractivity contribution in [3.8, 4) is 0 Å². The van der Waals surface area contributed by atoms with Gasteiger partial charge in [-0.3, -0.25) is 4.90 Å². The van der Waals surface area contributed by atoms with E-state index >= 15 is 0 Å². The molecule has 1 heterocycles. The Balaban J connectivity index is 1.71. The van der Waals surface area contributed by atoms with Crippen molar-refractivity contribution in [2.45, 2.75) is 49.9 Å². The maximum absolute atomic E-state index is 6.10. The predicted molar refractivity (Wildman–Crippen MR) is 84.3 cm³/mol. The molecule has 0 atom stereocenters. The number of rotatable bonds is 3. The zero-order chi connectivity index (χ0) is 13.3. The SMILES string of the molecule is CSC1(CN2Cc3cccc(N)c3C2)CCCCC1. The highest BCUT2D eigenvalue weighted by Crippen LogP contribution is 2.41. The Labute approximate surface area is 120 Å². The molecule has 2 N–H and O–H groups in total. The molecule has 0 amide bonds. The van der Waals surface area contributed by atoms with Crippen LogP contribution in [0.5, 0.6) is 0 Å². The van der Waals surface area contributed by atoms with Gasteiger partial charge in [-0.25, -0.2) is 0 Å². The lowest BCUT2D eigenvalue weighted by Crippen LogP contribution is -2.39. The fraction of sp³-hybridized carbons (Fsp3) is 0.625. The summed E-state index contributed by atoms with van der Waals surface area (Å²) in [4.78, 5) is 2.60. The molecule has 1 aromatic carbocycles. The van der Waals surface area contributed by atoms with Gasteiger partial charge < -0.3 is 5.73 Å². The van der Waals surface area contributed by atoms with Gasteiger partial charge in [0.1, 0.15) is 0 Å². The molecule has 0 unspecified atom stereocenters. The summed E-state index contributed by atoms with van der Waals surface area (Å²) in [6.45, 7) is 3.36. The van der Waals surface area contributed by atoms with Crippen LogP contribution in [-0.4, -0.2) is 22.4 Å². The normalized spacial score (nSPS) is 22.4. The van der Waals surface area contributed by atoms with E-state index in [4.69, 9.17) is 5.73 Å². The van der Waals surface area contributed by atoms with Crippen LogP contribution in [0.2, 0.25) is 0 Å². The summed E-state index contributed by atoms with van der Waals surface area (Å²) < 4.78 is 0.495. The van der Waals surface area contributed by atoms with Gasteiger partial charge in [0, 0.05) is 30.1 Å². The lowest BCUT2D eigenvalue weighted by molar-refractivity contribution is 0.224. The summed E-state index contributed by atoms with van der Waals surface area (Å²) in [5, 5.41) is 0. The van der Waals surface area contributed by atoms with Gasteiger partial charge in [0.15, 0.2) is 0 Å². The van der Waals surface area contributed by atoms with E-state index in [0.29, 0.717) is 4.75 Å². The maximum Gasteiger partial charge on any atom is 0.0363 e. The van der Waals surface area contributed by atoms with E-state index in [1.54, 1.807) is 0 Å². The minimum atomic E-state index is 0.495. The van der Waals surface area contributed by atoms with E-state index in [2.05, 4.69) is 35.1 Å². The molecule has 19 heavy (non-hydrogen) atoms. The molecule has 3 rings (SSSR count). The lowest BCUT2D eigenvalue weighted by Gasteiger charge is -2.38. The van der Waals surface area contributed by atoms with Gasteiger partial charge in [0.2, 0.25) is 0 Å². The van der Waals surface area contributed by atoms with Gasteiger partial charge in [-0.15, -0.1) is 0 Å². The summed E-state index contributed by atoms with van der Waals surface area (Å²) in [5.74, 6) is 0. The number of thioether (sulfide) groups is 1. The van der Waals surface area contributed by atoms with Crippen molar-refractivity contribution >= 4 is 17.4 Å². The topological polar surface area (TPSA) is 29.3 Å². The summed E-state index contributed by atoms with van der Waals surface area (Å²) in [7, 11) is 0. The van der Waals surface area contributed by atoms with Crippen LogP contribution in [0, 0.1) is 0 Å². The number of fused-ring (bicyclic) bond motifs is 1. The summed E-state index contributed by atoms with van der Waals surface area (Å²) >= 11 is 2.09. The molecule has 2 aliphatic rings. The predicted octanol–water partition coefficient (Wildman–Crippen LogP) is 3.65. The van der Waals surface area contributed by atoms with Crippen molar-refractivity contribution in [1.82, 2.24) is 4.90 Å². The van der Waals surface area contributed by atoms with Crippen molar-refractivity contribution < 1.29 is 0 Å². The molecule has 1 aromatic rings. The third-order valence-electron chi connectivity index (χ3n) is 4.79. The second kappa shape index (κ2) is 5.37. The van der Waals surface area contributed by atoms with Gasteiger partial charge in [0.05, 0.1) is 0 Å². The van der Waals surface area contributed by atoms with Gasteiger partial charge in [0.25, 0.3) is 0 Å². The number of nitrogens with zero attached hydrogens (tertiary/aromatic N) is 1. The van der Waals surface area contributed by atoms with E-state index in [0.717, 1.165) is 18.8 Å². The van der Waals surface area contributed by atoms with Crippen LogP contribution in [-0.2, 0) is 13.1 Å². The Morgan fingerprint density at radius 2 is 2.00 bits per heavy atom. The highest BCUT2D eigenvalue weighted by molar-refractivity contribution is 8.00. The van der Waals surface area contributed by atoms with Crippen LogP contribution in [0.3, 0.4) is 0 Å². The van der Waals surface area contributed by atoms with Crippen LogP contribution in [0.1, 0.15) is 43.2 Å². The molecule has 0 aromatic heterocycles. The van der Waals surface area contributed by atoms with E-state index in [1.165, 1.54) is 49.8 Å². The highest BCUT2D eigenvalue weighted by atomic mass is 32.2. The smallest absolute Gasteiger partial charge is 0.0363 e. The van der Waals surface area contributed by atoms with Gasteiger partial charge in [-0.05, 0) is 36.3 Å². The molecule has 0 saturated heterocycles. The van der Waals surface area contributed by atoms with Gasteiger partial charge in [-0.1, -0.05) is 31.4 Å². The molecule has 0 bridgehead atoms. The summed E-state index contributed by atoms with van der Waals surface area (Å²) in [6, 6.07) is 6.36. The van der Waals surface area contributed by atoms with Crippen LogP contribution in [0.25, 0.3) is 0 Å². The van der Waals surface area contributed by atoms with E-state index in [-0.39, 0.29) is 0 Å². The number of benzene rings is 1. The number of nitrogens with two attached hydrogens (primary N) is 1. The van der Waals surface area contributed by atoms with E-state index in [1.807, 2.05) is 6.07 Å². The molecule has 1 fully saturated rings. The third kappa shape index (κ3) is 2.63. The Morgan fingerprint density at radius 1 is 1.21 bits per heavy atom. The first kappa shape index (κ1) is 13.3. The van der Waals surface area contributed by atoms with Crippen LogP contribution in [0.4, 0.5) is 5.69 Å². The Bertz CT molecular complexity index is 452. The van der Waals surface area contributed by atoms with Crippen molar-refractivity contribution in [2.75, 3.05) is 18.5 Å². The Morgan fingerprint density at radius 3 is 2.68 bits per heavy atom. The number of anilines is 1. The fourth-order valence-corrected chi connectivity index (χ4v) is 4.67. The first-order chi connectivity index (χ1) is 9.22. The first-order valence-corrected chi connectivity index (χ1v) is 8.59. The second-order valence-corrected chi connectivity index (χ2v) is 7.35. The molecular weight excluding hydrogens is 252 g/mol. The standard InChI is InChI=1S/C16H24N2S/c1-19-16(8-3-2-4-9-16)12-18-10-13-6-5-7-15(17)14(13)11-18/h5-7H,2-4,8-12,17H2,1H3. The number of hydrogen-bond acceptors (Lipinski definition) is 3. The van der Waals surface area contributed by atoms with Crippen molar-refractivity contribution in [1.29, 1.82) is 0 Å². The summed E-state index contributed by atoms with van der Waals surface area (Å²) in [6.07, 6.45) is 9.30.